The van der Waals surface area contributed by atoms with Crippen LogP contribution in [0.3, 0.4) is 0 Å². The molecule has 1 N–H and O–H groups in total. The summed E-state index contributed by atoms with van der Waals surface area (Å²) < 4.78 is 25.2. The van der Waals surface area contributed by atoms with Gasteiger partial charge in [-0.25, -0.2) is 17.7 Å². The molecule has 0 unspecified atom stereocenters. The largest absolute Gasteiger partial charge is 0.351 e. The minimum absolute atomic E-state index is 0.276. The van der Waals surface area contributed by atoms with Crippen LogP contribution in [-0.2, 0) is 10.0 Å². The zero-order valence-corrected chi connectivity index (χ0v) is 19.7. The highest BCUT2D eigenvalue weighted by Gasteiger charge is 2.55. The maximum atomic E-state index is 11.8. The first-order valence-electron chi connectivity index (χ1n) is 12.0. The van der Waals surface area contributed by atoms with Gasteiger partial charge in [-0.05, 0) is 74.3 Å². The molecule has 3 heterocycles. The normalized spacial score (nSPS) is 28.7. The summed E-state index contributed by atoms with van der Waals surface area (Å²) in [6, 6.07) is 0.864. The van der Waals surface area contributed by atoms with Crippen molar-refractivity contribution < 1.29 is 8.42 Å². The summed E-state index contributed by atoms with van der Waals surface area (Å²) >= 11 is 0. The van der Waals surface area contributed by atoms with Crippen molar-refractivity contribution in [2.24, 2.45) is 10.8 Å². The van der Waals surface area contributed by atoms with Crippen molar-refractivity contribution >= 4 is 27.9 Å². The Morgan fingerprint density at radius 3 is 2.56 bits per heavy atom. The van der Waals surface area contributed by atoms with Gasteiger partial charge in [0.25, 0.3) is 0 Å². The smallest absolute Gasteiger partial charge is 0.224 e. The molecule has 2 spiro atoms. The Bertz CT molecular complexity index is 1080. The van der Waals surface area contributed by atoms with Crippen LogP contribution in [0.25, 0.3) is 6.08 Å². The van der Waals surface area contributed by atoms with Gasteiger partial charge in [-0.2, -0.15) is 4.98 Å². The summed E-state index contributed by atoms with van der Waals surface area (Å²) in [4.78, 5) is 12.0. The highest BCUT2D eigenvalue weighted by Crippen LogP contribution is 2.60. The number of aromatic nitrogens is 2. The van der Waals surface area contributed by atoms with E-state index >= 15 is 0 Å². The van der Waals surface area contributed by atoms with Gasteiger partial charge in [0.2, 0.25) is 16.0 Å². The third-order valence-electron chi connectivity index (χ3n) is 8.80. The number of sulfonamides is 1. The lowest BCUT2D eigenvalue weighted by molar-refractivity contribution is 0.0486. The molecule has 32 heavy (non-hydrogen) atoms. The summed E-state index contributed by atoms with van der Waals surface area (Å²) in [7, 11) is -3.07. The lowest BCUT2D eigenvalue weighted by Gasteiger charge is -2.52. The van der Waals surface area contributed by atoms with E-state index in [1.165, 1.54) is 38.4 Å². The molecular formula is C24H33N5O2S. The molecule has 0 bridgehead atoms. The molecule has 172 valence electrons. The van der Waals surface area contributed by atoms with E-state index in [2.05, 4.69) is 33.9 Å². The fourth-order valence-electron chi connectivity index (χ4n) is 6.75. The molecule has 1 aromatic heterocycles. The van der Waals surface area contributed by atoms with Gasteiger partial charge < -0.3 is 10.2 Å². The molecule has 0 radical (unpaired) electrons. The summed E-state index contributed by atoms with van der Waals surface area (Å²) in [5.41, 5.74) is 2.87. The van der Waals surface area contributed by atoms with Gasteiger partial charge in [0.05, 0.1) is 6.26 Å². The number of piperidine rings is 1. The highest BCUT2D eigenvalue weighted by atomic mass is 32.2. The van der Waals surface area contributed by atoms with E-state index in [0.29, 0.717) is 36.5 Å². The first-order valence-corrected chi connectivity index (χ1v) is 13.9. The second kappa shape index (κ2) is 7.03. The van der Waals surface area contributed by atoms with E-state index in [1.54, 1.807) is 4.31 Å². The Labute approximate surface area is 191 Å². The number of nitrogens with zero attached hydrogens (tertiary/aromatic N) is 4. The molecule has 6 rings (SSSR count). The maximum absolute atomic E-state index is 11.8. The van der Waals surface area contributed by atoms with Crippen LogP contribution in [0, 0.1) is 10.8 Å². The van der Waals surface area contributed by atoms with E-state index in [9.17, 15) is 8.42 Å². The molecule has 7 nitrogen and oxygen atoms in total. The molecule has 0 aromatic carbocycles. The number of hydrogen-bond acceptors (Lipinski definition) is 6. The van der Waals surface area contributed by atoms with Gasteiger partial charge in [0.15, 0.2) is 0 Å². The lowest BCUT2D eigenvalue weighted by Crippen LogP contribution is -2.52. The summed E-state index contributed by atoms with van der Waals surface area (Å²) in [5.74, 6) is 1.71. The molecule has 3 aliphatic carbocycles. The number of allylic oxidation sites excluding steroid dienone is 1. The summed E-state index contributed by atoms with van der Waals surface area (Å²) in [6.07, 6.45) is 18.0. The number of hydrogen-bond donors (Lipinski definition) is 1. The molecule has 0 amide bonds. The highest BCUT2D eigenvalue weighted by molar-refractivity contribution is 7.88. The van der Waals surface area contributed by atoms with E-state index in [0.717, 1.165) is 42.8 Å². The van der Waals surface area contributed by atoms with Gasteiger partial charge >= 0.3 is 0 Å². The third kappa shape index (κ3) is 3.37. The second-order valence-electron chi connectivity index (χ2n) is 10.8. The fraction of sp³-hybridized carbons (Fsp3) is 0.667. The molecule has 2 aliphatic heterocycles. The number of nitrogens with one attached hydrogen (secondary N) is 1. The predicted octanol–water partition coefficient (Wildman–Crippen LogP) is 3.77. The van der Waals surface area contributed by atoms with Gasteiger partial charge in [-0.3, -0.25) is 0 Å². The van der Waals surface area contributed by atoms with Crippen LogP contribution in [0.1, 0.15) is 63.4 Å². The van der Waals surface area contributed by atoms with Crippen molar-refractivity contribution in [3.8, 4) is 0 Å². The van der Waals surface area contributed by atoms with Crippen molar-refractivity contribution in [3.05, 3.63) is 30.1 Å². The van der Waals surface area contributed by atoms with Gasteiger partial charge in [0, 0.05) is 42.6 Å². The maximum Gasteiger partial charge on any atom is 0.224 e. The first-order chi connectivity index (χ1) is 15.3. The van der Waals surface area contributed by atoms with E-state index < -0.39 is 10.0 Å². The van der Waals surface area contributed by atoms with Gasteiger partial charge in [-0.15, -0.1) is 0 Å². The van der Waals surface area contributed by atoms with Crippen LogP contribution in [-0.4, -0.2) is 54.1 Å². The van der Waals surface area contributed by atoms with Crippen molar-refractivity contribution in [3.63, 3.8) is 0 Å². The van der Waals surface area contributed by atoms with Crippen LogP contribution >= 0.6 is 0 Å². The molecule has 8 heteroatoms. The standard InChI is InChI=1S/C24H33N5O2S/c1-17-5-6-18-16-25-22(27-21(18)29(17)20-4-3-7-24(20)8-9-24)26-19-14-23(15-19)10-12-28(13-11-23)32(2,30)31/h5-6,16,19-20H,1,3-4,7-15H2,2H3,(H,25,26,27)/t20-/m0/s1. The van der Waals surface area contributed by atoms with E-state index in [4.69, 9.17) is 4.98 Å². The zero-order chi connectivity index (χ0) is 22.1. The fourth-order valence-corrected chi connectivity index (χ4v) is 7.60. The summed E-state index contributed by atoms with van der Waals surface area (Å²) in [5, 5.41) is 3.57. The monoisotopic (exact) mass is 455 g/mol. The Morgan fingerprint density at radius 1 is 1.12 bits per heavy atom. The SMILES string of the molecule is C=C1C=Cc2cnc(NC3CC4(CCN(S(C)(=O)=O)CC4)C3)nc2N1[C@H]1CCCC12CC2. The Kier molecular flexibility index (Phi) is 4.54. The predicted molar refractivity (Wildman–Crippen MR) is 127 cm³/mol. The third-order valence-corrected chi connectivity index (χ3v) is 10.1. The number of rotatable bonds is 4. The van der Waals surface area contributed by atoms with Crippen molar-refractivity contribution in [1.29, 1.82) is 0 Å². The second-order valence-corrected chi connectivity index (χ2v) is 12.8. The van der Waals surface area contributed by atoms with Crippen molar-refractivity contribution in [1.82, 2.24) is 14.3 Å². The zero-order valence-electron chi connectivity index (χ0n) is 18.9. The Morgan fingerprint density at radius 2 is 1.88 bits per heavy atom. The minimum atomic E-state index is -3.07. The molecule has 3 saturated carbocycles. The minimum Gasteiger partial charge on any atom is -0.351 e. The quantitative estimate of drug-likeness (QED) is 0.745. The van der Waals surface area contributed by atoms with Gasteiger partial charge in [-0.1, -0.05) is 13.0 Å². The molecule has 1 saturated heterocycles. The van der Waals surface area contributed by atoms with Crippen LogP contribution in [0.15, 0.2) is 24.5 Å². The van der Waals surface area contributed by atoms with E-state index in [-0.39, 0.29) is 5.41 Å². The number of fused-ring (bicyclic) bond motifs is 1. The Balaban J connectivity index is 1.15. The Hall–Kier alpha value is -1.93. The molecule has 1 atom stereocenters. The van der Waals surface area contributed by atoms with Crippen LogP contribution < -0.4 is 10.2 Å². The molecular weight excluding hydrogens is 422 g/mol. The van der Waals surface area contributed by atoms with Gasteiger partial charge in [0.1, 0.15) is 5.82 Å². The van der Waals surface area contributed by atoms with Crippen molar-refractivity contribution in [2.45, 2.75) is 69.9 Å². The average Bonchev–Trinajstić information content (AvgIpc) is 3.39. The number of anilines is 2. The topological polar surface area (TPSA) is 78.4 Å². The van der Waals surface area contributed by atoms with E-state index in [1.807, 2.05) is 6.20 Å². The molecule has 1 aromatic rings. The molecule has 4 fully saturated rings. The molecule has 5 aliphatic rings. The van der Waals surface area contributed by atoms with Crippen LogP contribution in [0.2, 0.25) is 0 Å². The van der Waals surface area contributed by atoms with Crippen molar-refractivity contribution in [2.75, 3.05) is 29.6 Å². The van der Waals surface area contributed by atoms with Crippen LogP contribution in [0.5, 0.6) is 0 Å². The average molecular weight is 456 g/mol. The first kappa shape index (κ1) is 20.7. The lowest BCUT2D eigenvalue weighted by atomic mass is 9.60. The summed E-state index contributed by atoms with van der Waals surface area (Å²) in [6.45, 7) is 5.63. The van der Waals surface area contributed by atoms with Crippen LogP contribution in [0.4, 0.5) is 11.8 Å².